The fourth-order valence-corrected chi connectivity index (χ4v) is 2.86. The Balaban J connectivity index is 1.63. The lowest BCUT2D eigenvalue weighted by Gasteiger charge is -2.21. The SMILES string of the molecule is C[C@H](NC(=O)C[C@H]1C=CCC1)c1ccc2c(c1)NC(=O)CO2. The lowest BCUT2D eigenvalue weighted by atomic mass is 10.0. The quantitative estimate of drug-likeness (QED) is 0.840. The summed E-state index contributed by atoms with van der Waals surface area (Å²) in [6.45, 7) is 1.99. The van der Waals surface area contributed by atoms with Crippen LogP contribution in [0.1, 0.15) is 37.8 Å². The molecule has 0 bridgehead atoms. The summed E-state index contributed by atoms with van der Waals surface area (Å²) in [7, 11) is 0. The molecule has 116 valence electrons. The van der Waals surface area contributed by atoms with Gasteiger partial charge in [-0.2, -0.15) is 0 Å². The summed E-state index contributed by atoms with van der Waals surface area (Å²) >= 11 is 0. The second-order valence-electron chi connectivity index (χ2n) is 5.85. The van der Waals surface area contributed by atoms with Gasteiger partial charge in [-0.3, -0.25) is 9.59 Å². The summed E-state index contributed by atoms with van der Waals surface area (Å²) in [5.74, 6) is 0.929. The van der Waals surface area contributed by atoms with Crippen molar-refractivity contribution in [3.8, 4) is 5.75 Å². The van der Waals surface area contributed by atoms with Crippen molar-refractivity contribution in [1.82, 2.24) is 5.32 Å². The van der Waals surface area contributed by atoms with Crippen LogP contribution < -0.4 is 15.4 Å². The summed E-state index contributed by atoms with van der Waals surface area (Å²) in [5, 5.41) is 5.80. The molecule has 22 heavy (non-hydrogen) atoms. The first-order valence-electron chi connectivity index (χ1n) is 7.64. The van der Waals surface area contributed by atoms with Gasteiger partial charge >= 0.3 is 0 Å². The molecule has 2 atom stereocenters. The van der Waals surface area contributed by atoms with Crippen molar-refractivity contribution in [2.45, 2.75) is 32.2 Å². The molecule has 0 radical (unpaired) electrons. The lowest BCUT2D eigenvalue weighted by Crippen LogP contribution is -2.28. The van der Waals surface area contributed by atoms with E-state index >= 15 is 0 Å². The highest BCUT2D eigenvalue weighted by molar-refractivity contribution is 5.95. The van der Waals surface area contributed by atoms with Gasteiger partial charge in [0.1, 0.15) is 5.75 Å². The summed E-state index contributed by atoms with van der Waals surface area (Å²) in [5.41, 5.74) is 1.61. The van der Waals surface area contributed by atoms with Crippen LogP contribution >= 0.6 is 0 Å². The zero-order valence-corrected chi connectivity index (χ0v) is 12.6. The van der Waals surface area contributed by atoms with Crippen LogP contribution in [-0.2, 0) is 9.59 Å². The molecule has 5 heteroatoms. The van der Waals surface area contributed by atoms with Gasteiger partial charge in [-0.15, -0.1) is 0 Å². The van der Waals surface area contributed by atoms with Gasteiger partial charge in [-0.25, -0.2) is 0 Å². The van der Waals surface area contributed by atoms with Gasteiger partial charge in [-0.1, -0.05) is 18.2 Å². The molecule has 1 aliphatic carbocycles. The Hall–Kier alpha value is -2.30. The van der Waals surface area contributed by atoms with Crippen LogP contribution in [0, 0.1) is 5.92 Å². The van der Waals surface area contributed by atoms with E-state index in [2.05, 4.69) is 22.8 Å². The molecule has 1 aliphatic heterocycles. The van der Waals surface area contributed by atoms with E-state index in [0.29, 0.717) is 23.8 Å². The van der Waals surface area contributed by atoms with E-state index in [1.165, 1.54) is 0 Å². The van der Waals surface area contributed by atoms with Crippen LogP contribution in [0.2, 0.25) is 0 Å². The van der Waals surface area contributed by atoms with E-state index in [-0.39, 0.29) is 24.5 Å². The number of benzene rings is 1. The minimum absolute atomic E-state index is 0.0491. The first kappa shape index (κ1) is 14.6. The first-order chi connectivity index (χ1) is 10.6. The van der Waals surface area contributed by atoms with Gasteiger partial charge in [0, 0.05) is 6.42 Å². The van der Waals surface area contributed by atoms with Crippen LogP contribution in [0.4, 0.5) is 5.69 Å². The van der Waals surface area contributed by atoms with Gasteiger partial charge in [0.2, 0.25) is 5.91 Å². The molecule has 0 aromatic heterocycles. The number of rotatable bonds is 4. The molecule has 3 rings (SSSR count). The zero-order valence-electron chi connectivity index (χ0n) is 12.6. The van der Waals surface area contributed by atoms with Crippen LogP contribution in [0.25, 0.3) is 0 Å². The van der Waals surface area contributed by atoms with Gasteiger partial charge in [0.15, 0.2) is 6.61 Å². The number of fused-ring (bicyclic) bond motifs is 1. The molecule has 0 spiro atoms. The molecule has 1 aromatic rings. The van der Waals surface area contributed by atoms with Crippen molar-refractivity contribution in [3.63, 3.8) is 0 Å². The number of anilines is 1. The molecule has 0 unspecified atom stereocenters. The standard InChI is InChI=1S/C17H20N2O3/c1-11(18-16(20)8-12-4-2-3-5-12)13-6-7-15-14(9-13)19-17(21)10-22-15/h2,4,6-7,9,11-12H,3,5,8,10H2,1H3,(H,18,20)(H,19,21)/t11-,12-/m0/s1. The normalized spacial score (nSPS) is 20.8. The first-order valence-corrected chi connectivity index (χ1v) is 7.64. The third-order valence-corrected chi connectivity index (χ3v) is 4.07. The average molecular weight is 300 g/mol. The molecule has 0 fully saturated rings. The summed E-state index contributed by atoms with van der Waals surface area (Å²) in [6.07, 6.45) is 6.91. The minimum Gasteiger partial charge on any atom is -0.482 e. The van der Waals surface area contributed by atoms with Crippen LogP contribution in [-0.4, -0.2) is 18.4 Å². The van der Waals surface area contributed by atoms with E-state index in [1.807, 2.05) is 25.1 Å². The summed E-state index contributed by atoms with van der Waals surface area (Å²) < 4.78 is 5.33. The highest BCUT2D eigenvalue weighted by atomic mass is 16.5. The molecule has 2 aliphatic rings. The second kappa shape index (κ2) is 6.22. The Labute approximate surface area is 129 Å². The molecule has 2 N–H and O–H groups in total. The third kappa shape index (κ3) is 3.30. The zero-order chi connectivity index (χ0) is 15.5. The van der Waals surface area contributed by atoms with Gasteiger partial charge < -0.3 is 15.4 Å². The summed E-state index contributed by atoms with van der Waals surface area (Å²) in [6, 6.07) is 5.48. The highest BCUT2D eigenvalue weighted by Gasteiger charge is 2.19. The Morgan fingerprint density at radius 3 is 3.14 bits per heavy atom. The van der Waals surface area contributed by atoms with Gasteiger partial charge in [-0.05, 0) is 43.4 Å². The van der Waals surface area contributed by atoms with E-state index in [1.54, 1.807) is 0 Å². The van der Waals surface area contributed by atoms with Crippen molar-refractivity contribution in [1.29, 1.82) is 0 Å². The van der Waals surface area contributed by atoms with Crippen molar-refractivity contribution >= 4 is 17.5 Å². The minimum atomic E-state index is -0.158. The molecule has 0 saturated carbocycles. The number of ether oxygens (including phenoxy) is 1. The molecule has 2 amide bonds. The maximum Gasteiger partial charge on any atom is 0.262 e. The molecular formula is C17H20N2O3. The molecule has 1 aromatic carbocycles. The van der Waals surface area contributed by atoms with Gasteiger partial charge in [0.25, 0.3) is 5.91 Å². The Morgan fingerprint density at radius 1 is 1.50 bits per heavy atom. The summed E-state index contributed by atoms with van der Waals surface area (Å²) in [4.78, 5) is 23.4. The number of carbonyl (C=O) groups excluding carboxylic acids is 2. The fraction of sp³-hybridized carbons (Fsp3) is 0.412. The number of hydrogen-bond acceptors (Lipinski definition) is 3. The molecule has 1 heterocycles. The second-order valence-corrected chi connectivity index (χ2v) is 5.85. The van der Waals surface area contributed by atoms with E-state index < -0.39 is 0 Å². The molecule has 5 nitrogen and oxygen atoms in total. The maximum atomic E-state index is 12.1. The van der Waals surface area contributed by atoms with Gasteiger partial charge in [0.05, 0.1) is 11.7 Å². The Bertz CT molecular complexity index is 624. The average Bonchev–Trinajstić information content (AvgIpc) is 2.99. The monoisotopic (exact) mass is 300 g/mol. The van der Waals surface area contributed by atoms with Crippen molar-refractivity contribution in [3.05, 3.63) is 35.9 Å². The predicted molar refractivity (Wildman–Crippen MR) is 83.6 cm³/mol. The maximum absolute atomic E-state index is 12.1. The topological polar surface area (TPSA) is 67.4 Å². The van der Waals surface area contributed by atoms with E-state index in [4.69, 9.17) is 4.74 Å². The number of hydrogen-bond donors (Lipinski definition) is 2. The number of allylic oxidation sites excluding steroid dienone is 2. The van der Waals surface area contributed by atoms with Crippen LogP contribution in [0.3, 0.4) is 0 Å². The van der Waals surface area contributed by atoms with Crippen molar-refractivity contribution in [2.24, 2.45) is 5.92 Å². The van der Waals surface area contributed by atoms with E-state index in [0.717, 1.165) is 18.4 Å². The largest absolute Gasteiger partial charge is 0.482 e. The lowest BCUT2D eigenvalue weighted by molar-refractivity contribution is -0.122. The number of nitrogens with one attached hydrogen (secondary N) is 2. The van der Waals surface area contributed by atoms with Crippen molar-refractivity contribution < 1.29 is 14.3 Å². The predicted octanol–water partition coefficient (Wildman–Crippen LogP) is 2.55. The number of carbonyl (C=O) groups is 2. The number of amides is 2. The molecular weight excluding hydrogens is 280 g/mol. The Kier molecular flexibility index (Phi) is 4.13. The third-order valence-electron chi connectivity index (χ3n) is 4.07. The highest BCUT2D eigenvalue weighted by Crippen LogP contribution is 2.30. The van der Waals surface area contributed by atoms with Crippen LogP contribution in [0.5, 0.6) is 5.75 Å². The smallest absolute Gasteiger partial charge is 0.262 e. The molecule has 0 saturated heterocycles. The Morgan fingerprint density at radius 2 is 2.36 bits per heavy atom. The van der Waals surface area contributed by atoms with Crippen LogP contribution in [0.15, 0.2) is 30.4 Å². The van der Waals surface area contributed by atoms with Crippen molar-refractivity contribution in [2.75, 3.05) is 11.9 Å². The fourth-order valence-electron chi connectivity index (χ4n) is 2.86. The van der Waals surface area contributed by atoms with E-state index in [9.17, 15) is 9.59 Å².